The lowest BCUT2D eigenvalue weighted by Gasteiger charge is -2.28. The second kappa shape index (κ2) is 12.1. The number of quaternary nitrogens is 1. The van der Waals surface area contributed by atoms with Crippen LogP contribution in [0.1, 0.15) is 37.7 Å². The summed E-state index contributed by atoms with van der Waals surface area (Å²) in [5.41, 5.74) is 3.34. The summed E-state index contributed by atoms with van der Waals surface area (Å²) >= 11 is 0. The molecule has 0 saturated carbocycles. The molecule has 0 fully saturated rings. The Kier molecular flexibility index (Phi) is 8.39. The average molecular weight is 612 g/mol. The maximum atomic E-state index is 13.3. The molecule has 13 nitrogen and oxygen atoms in total. The predicted octanol–water partition coefficient (Wildman–Crippen LogP) is 4.67. The first-order chi connectivity index (χ1) is 21.3. The summed E-state index contributed by atoms with van der Waals surface area (Å²) in [6.07, 6.45) is 5.47. The van der Waals surface area contributed by atoms with Crippen molar-refractivity contribution < 1.29 is 9.41 Å². The molecule has 0 atom stereocenters. The molecule has 13 heteroatoms. The summed E-state index contributed by atoms with van der Waals surface area (Å²) in [5, 5.41) is 15.1. The van der Waals surface area contributed by atoms with Crippen molar-refractivity contribution in [2.45, 2.75) is 45.7 Å². The molecule has 0 aliphatic heterocycles. The molecular weight excluding hydrogens is 572 g/mol. The highest BCUT2D eigenvalue weighted by molar-refractivity contribution is 5.77. The third kappa shape index (κ3) is 6.68. The van der Waals surface area contributed by atoms with Gasteiger partial charge in [0.25, 0.3) is 5.56 Å². The highest BCUT2D eigenvalue weighted by Gasteiger charge is 2.27. The molecule has 0 unspecified atom stereocenters. The molecule has 4 aromatic heterocycles. The van der Waals surface area contributed by atoms with E-state index < -0.39 is 0 Å². The van der Waals surface area contributed by atoms with E-state index >= 15 is 0 Å². The molecule has 0 spiro atoms. The Morgan fingerprint density at radius 1 is 1.09 bits per heavy atom. The van der Waals surface area contributed by atoms with Gasteiger partial charge in [0.05, 0.1) is 34.2 Å². The number of nitro groups is 1. The zero-order valence-corrected chi connectivity index (χ0v) is 26.6. The number of aromatic nitrogens is 7. The van der Waals surface area contributed by atoms with E-state index in [9.17, 15) is 14.9 Å². The van der Waals surface area contributed by atoms with Crippen molar-refractivity contribution in [3.63, 3.8) is 0 Å². The smallest absolute Gasteiger partial charge is 0.351 e. The normalized spacial score (nSPS) is 12.0. The molecule has 1 N–H and O–H groups in total. The van der Waals surface area contributed by atoms with Crippen molar-refractivity contribution in [2.75, 3.05) is 26.0 Å². The van der Waals surface area contributed by atoms with E-state index in [1.54, 1.807) is 22.5 Å². The van der Waals surface area contributed by atoms with E-state index in [-0.39, 0.29) is 28.3 Å². The molecule has 0 aliphatic carbocycles. The minimum absolute atomic E-state index is 0.0287. The van der Waals surface area contributed by atoms with Gasteiger partial charge in [0.2, 0.25) is 5.95 Å². The summed E-state index contributed by atoms with van der Waals surface area (Å²) in [5.74, 6) is 0.965. The van der Waals surface area contributed by atoms with Crippen molar-refractivity contribution in [3.05, 3.63) is 105 Å². The van der Waals surface area contributed by atoms with Crippen LogP contribution in [0.2, 0.25) is 0 Å². The maximum absolute atomic E-state index is 13.3. The topological polar surface area (TPSA) is 139 Å². The van der Waals surface area contributed by atoms with Gasteiger partial charge >= 0.3 is 5.82 Å². The average Bonchev–Trinajstić information content (AvgIpc) is 3.48. The van der Waals surface area contributed by atoms with Gasteiger partial charge in [-0.05, 0) is 34.8 Å². The minimum Gasteiger partial charge on any atom is -0.358 e. The van der Waals surface area contributed by atoms with Crippen molar-refractivity contribution in [3.8, 4) is 5.82 Å². The van der Waals surface area contributed by atoms with Crippen molar-refractivity contribution >= 4 is 28.5 Å². The second-order valence-electron chi connectivity index (χ2n) is 12.8. The van der Waals surface area contributed by atoms with Crippen LogP contribution < -0.4 is 10.9 Å². The summed E-state index contributed by atoms with van der Waals surface area (Å²) < 4.78 is 5.28. The van der Waals surface area contributed by atoms with Crippen LogP contribution in [-0.4, -0.2) is 63.9 Å². The van der Waals surface area contributed by atoms with Gasteiger partial charge in [0.1, 0.15) is 11.9 Å². The molecule has 0 radical (unpaired) electrons. The van der Waals surface area contributed by atoms with Gasteiger partial charge in [-0.15, -0.1) is 6.58 Å². The number of allylic oxidation sites excluding steroid dienone is 1. The third-order valence-corrected chi connectivity index (χ3v) is 7.64. The van der Waals surface area contributed by atoms with Crippen LogP contribution in [0.25, 0.3) is 16.9 Å². The molecule has 0 aliphatic rings. The second-order valence-corrected chi connectivity index (χ2v) is 12.8. The molecule has 1 aromatic carbocycles. The van der Waals surface area contributed by atoms with Crippen LogP contribution in [0.4, 0.5) is 17.5 Å². The van der Waals surface area contributed by atoms with Crippen LogP contribution in [0.5, 0.6) is 0 Å². The zero-order chi connectivity index (χ0) is 32.5. The van der Waals surface area contributed by atoms with Crippen LogP contribution in [-0.2, 0) is 32.0 Å². The lowest BCUT2D eigenvalue weighted by molar-refractivity contribution is -0.903. The van der Waals surface area contributed by atoms with Crippen LogP contribution in [0.3, 0.4) is 0 Å². The number of nitrogens with zero attached hydrogens (tertiary/aromatic N) is 9. The molecule has 0 amide bonds. The quantitative estimate of drug-likeness (QED) is 0.0985. The highest BCUT2D eigenvalue weighted by atomic mass is 16.6. The van der Waals surface area contributed by atoms with Crippen LogP contribution >= 0.6 is 0 Å². The number of anilines is 2. The van der Waals surface area contributed by atoms with Gasteiger partial charge < -0.3 is 19.9 Å². The first kappa shape index (κ1) is 31.3. The van der Waals surface area contributed by atoms with Crippen LogP contribution in [0, 0.1) is 10.1 Å². The van der Waals surface area contributed by atoms with E-state index in [4.69, 9.17) is 9.97 Å². The fraction of sp³-hybridized carbons (Fsp3) is 0.344. The molecule has 5 rings (SSSR count). The number of pyridine rings is 1. The Morgan fingerprint density at radius 2 is 1.82 bits per heavy atom. The number of aryl methyl sites for hydroxylation is 1. The van der Waals surface area contributed by atoms with E-state index in [1.165, 1.54) is 17.1 Å². The molecular formula is C32H39N10O3+. The molecule has 234 valence electrons. The third-order valence-electron chi connectivity index (χ3n) is 7.64. The monoisotopic (exact) mass is 611 g/mol. The fourth-order valence-electron chi connectivity index (χ4n) is 5.19. The molecule has 0 saturated heterocycles. The van der Waals surface area contributed by atoms with E-state index in [0.29, 0.717) is 39.5 Å². The van der Waals surface area contributed by atoms with Gasteiger partial charge in [-0.3, -0.25) is 4.79 Å². The van der Waals surface area contributed by atoms with Gasteiger partial charge in [-0.25, -0.2) is 28.9 Å². The number of hydrogen-bond acceptors (Lipinski definition) is 8. The lowest BCUT2D eigenvalue weighted by Crippen LogP contribution is -2.40. The maximum Gasteiger partial charge on any atom is 0.351 e. The Hall–Kier alpha value is -5.17. The predicted molar refractivity (Wildman–Crippen MR) is 174 cm³/mol. The Morgan fingerprint density at radius 3 is 2.49 bits per heavy atom. The lowest BCUT2D eigenvalue weighted by atomic mass is 9.92. The van der Waals surface area contributed by atoms with Crippen molar-refractivity contribution in [2.24, 2.45) is 7.05 Å². The van der Waals surface area contributed by atoms with E-state index in [2.05, 4.69) is 42.6 Å². The van der Waals surface area contributed by atoms with E-state index in [1.807, 2.05) is 56.6 Å². The summed E-state index contributed by atoms with van der Waals surface area (Å²) in [7, 11) is 5.71. The first-order valence-electron chi connectivity index (χ1n) is 14.7. The summed E-state index contributed by atoms with van der Waals surface area (Å²) in [6, 6.07) is 13.7. The number of rotatable bonds is 11. The molecule has 5 aromatic rings. The number of nitrogens with one attached hydrogen (secondary N) is 1. The van der Waals surface area contributed by atoms with Gasteiger partial charge in [0, 0.05) is 29.4 Å². The number of benzene rings is 1. The highest BCUT2D eigenvalue weighted by Crippen LogP contribution is 2.24. The number of fused-ring (bicyclic) bond motifs is 1. The number of imidazole rings is 1. The number of likely N-dealkylation sites (N-methyl/N-ethyl adjacent to an activating group) is 1. The van der Waals surface area contributed by atoms with Gasteiger partial charge in [-0.2, -0.15) is 4.98 Å². The Balaban J connectivity index is 1.35. The SMILES string of the molecule is C=CCn1c(=O)c2cnc(Nc3ccc(CC[N+](C)(C)Cc4ncn(C)c4[N+](=O)[O-])cc3)nc2n1-c1cccc(C(C)(C)C)n1. The Labute approximate surface area is 261 Å². The molecule has 4 heterocycles. The summed E-state index contributed by atoms with van der Waals surface area (Å²) in [6.45, 7) is 11.6. The van der Waals surface area contributed by atoms with Crippen LogP contribution in [0.15, 0.2) is 72.4 Å². The van der Waals surface area contributed by atoms with Gasteiger partial charge in [-0.1, -0.05) is 45.0 Å². The first-order valence-corrected chi connectivity index (χ1v) is 14.7. The number of hydrogen-bond donors (Lipinski definition) is 1. The standard InChI is InChI=1S/C32H38N10O3/c1-8-17-39-30(43)24-19-33-31(37-28(24)40(39)27-11-9-10-26(36-27)32(2,3)4)35-23-14-12-22(13-15-23)16-18-42(6,7)20-25-29(41(44)45)38(5)21-34-25/h8-15,19,21H,1,16-18,20H2,2-7H3/p+1. The zero-order valence-electron chi connectivity index (χ0n) is 26.6. The minimum atomic E-state index is -0.382. The van der Waals surface area contributed by atoms with E-state index in [0.717, 1.165) is 29.9 Å². The van der Waals surface area contributed by atoms with Crippen molar-refractivity contribution in [1.29, 1.82) is 0 Å². The Bertz CT molecular complexity index is 1930. The molecule has 0 bridgehead atoms. The molecule has 45 heavy (non-hydrogen) atoms. The van der Waals surface area contributed by atoms with Crippen molar-refractivity contribution in [1.82, 2.24) is 33.9 Å². The fourth-order valence-corrected chi connectivity index (χ4v) is 5.19. The van der Waals surface area contributed by atoms with Gasteiger partial charge in [0.15, 0.2) is 23.5 Å². The largest absolute Gasteiger partial charge is 0.358 e. The summed E-state index contributed by atoms with van der Waals surface area (Å²) in [4.78, 5) is 42.7.